The lowest BCUT2D eigenvalue weighted by Gasteiger charge is -2.32. The van der Waals surface area contributed by atoms with Crippen LogP contribution < -0.4 is 20.7 Å². The van der Waals surface area contributed by atoms with Crippen molar-refractivity contribution in [1.29, 1.82) is 0 Å². The lowest BCUT2D eigenvalue weighted by atomic mass is 10.1. The molecule has 0 saturated carbocycles. The predicted molar refractivity (Wildman–Crippen MR) is 125 cm³/mol. The van der Waals surface area contributed by atoms with Crippen LogP contribution in [0.2, 0.25) is 0 Å². The summed E-state index contributed by atoms with van der Waals surface area (Å²) in [5, 5.41) is 9.55. The van der Waals surface area contributed by atoms with E-state index in [1.165, 1.54) is 0 Å². The Bertz CT molecular complexity index is 592. The second kappa shape index (κ2) is 13.6. The fourth-order valence-electron chi connectivity index (χ4n) is 3.08. The second-order valence-electron chi connectivity index (χ2n) is 6.78. The van der Waals surface area contributed by atoms with Gasteiger partial charge in [-0.2, -0.15) is 0 Å². The van der Waals surface area contributed by atoms with Gasteiger partial charge in [-0.25, -0.2) is 0 Å². The number of halogens is 1. The summed E-state index contributed by atoms with van der Waals surface area (Å²) in [6.45, 7) is 5.12. The Balaban J connectivity index is 0.00000392. The van der Waals surface area contributed by atoms with Crippen LogP contribution in [-0.2, 0) is 4.79 Å². The summed E-state index contributed by atoms with van der Waals surface area (Å²) in [6.07, 6.45) is 2.99. The molecule has 158 valence electrons. The van der Waals surface area contributed by atoms with E-state index in [9.17, 15) is 4.79 Å². The number of piperidine rings is 1. The zero-order valence-electron chi connectivity index (χ0n) is 17.1. The molecule has 0 aromatic heterocycles. The van der Waals surface area contributed by atoms with E-state index < -0.39 is 0 Å². The molecule has 1 unspecified atom stereocenters. The number of rotatable bonds is 8. The van der Waals surface area contributed by atoms with Crippen molar-refractivity contribution in [3.63, 3.8) is 0 Å². The third kappa shape index (κ3) is 8.64. The minimum Gasteiger partial charge on any atom is -0.489 e. The number of nitrogens with one attached hydrogen (secondary N) is 3. The van der Waals surface area contributed by atoms with Crippen molar-refractivity contribution in [3.8, 4) is 5.75 Å². The van der Waals surface area contributed by atoms with Crippen molar-refractivity contribution >= 4 is 35.8 Å². The van der Waals surface area contributed by atoms with E-state index in [0.717, 1.165) is 44.1 Å². The number of likely N-dealkylation sites (tertiary alicyclic amines) is 1. The SMILES string of the molecule is CCC(CNC(=NC)NC1CCN(CC(=O)NC)CC1)Oc1ccccc1.I. The van der Waals surface area contributed by atoms with Gasteiger partial charge in [0.1, 0.15) is 11.9 Å². The summed E-state index contributed by atoms with van der Waals surface area (Å²) in [7, 11) is 3.46. The summed E-state index contributed by atoms with van der Waals surface area (Å²) in [6, 6.07) is 10.3. The average molecular weight is 503 g/mol. The van der Waals surface area contributed by atoms with Crippen LogP contribution in [0.1, 0.15) is 26.2 Å². The molecule has 1 aliphatic heterocycles. The van der Waals surface area contributed by atoms with E-state index >= 15 is 0 Å². The van der Waals surface area contributed by atoms with Gasteiger partial charge < -0.3 is 20.7 Å². The van der Waals surface area contributed by atoms with Crippen molar-refractivity contribution in [3.05, 3.63) is 30.3 Å². The average Bonchev–Trinajstić information content (AvgIpc) is 2.71. The van der Waals surface area contributed by atoms with Gasteiger partial charge in [-0.3, -0.25) is 14.7 Å². The monoisotopic (exact) mass is 503 g/mol. The van der Waals surface area contributed by atoms with Crippen LogP contribution >= 0.6 is 24.0 Å². The molecule has 1 aromatic rings. The minimum absolute atomic E-state index is 0. The Hall–Kier alpha value is -1.55. The largest absolute Gasteiger partial charge is 0.489 e. The van der Waals surface area contributed by atoms with Crippen LogP contribution in [0.4, 0.5) is 0 Å². The number of ether oxygens (including phenoxy) is 1. The van der Waals surface area contributed by atoms with Gasteiger partial charge in [-0.1, -0.05) is 25.1 Å². The van der Waals surface area contributed by atoms with Crippen LogP contribution in [-0.4, -0.2) is 69.2 Å². The number of carbonyl (C=O) groups is 1. The first-order valence-electron chi connectivity index (χ1n) is 9.76. The molecule has 7 nitrogen and oxygen atoms in total. The molecule has 2 rings (SSSR count). The zero-order valence-corrected chi connectivity index (χ0v) is 19.4. The van der Waals surface area contributed by atoms with Crippen molar-refractivity contribution in [2.45, 2.75) is 38.3 Å². The molecule has 1 amide bonds. The van der Waals surface area contributed by atoms with Gasteiger partial charge >= 0.3 is 0 Å². The van der Waals surface area contributed by atoms with E-state index in [1.54, 1.807) is 14.1 Å². The number of benzene rings is 1. The molecular formula is C20H34IN5O2. The van der Waals surface area contributed by atoms with E-state index in [-0.39, 0.29) is 36.0 Å². The van der Waals surface area contributed by atoms with Crippen molar-refractivity contribution in [1.82, 2.24) is 20.9 Å². The van der Waals surface area contributed by atoms with Crippen LogP contribution in [0.15, 0.2) is 35.3 Å². The second-order valence-corrected chi connectivity index (χ2v) is 6.78. The van der Waals surface area contributed by atoms with Gasteiger partial charge in [0.15, 0.2) is 5.96 Å². The normalized spacial score (nSPS) is 16.6. The van der Waals surface area contributed by atoms with Gasteiger partial charge in [0.05, 0.1) is 13.1 Å². The molecule has 1 saturated heterocycles. The molecule has 1 fully saturated rings. The summed E-state index contributed by atoms with van der Waals surface area (Å²) in [5.74, 6) is 1.76. The van der Waals surface area contributed by atoms with Crippen LogP contribution in [0.3, 0.4) is 0 Å². The maximum absolute atomic E-state index is 11.5. The number of carbonyl (C=O) groups excluding carboxylic acids is 1. The first-order chi connectivity index (χ1) is 13.1. The Morgan fingerprint density at radius 1 is 1.29 bits per heavy atom. The molecule has 3 N–H and O–H groups in total. The van der Waals surface area contributed by atoms with Crippen LogP contribution in [0.25, 0.3) is 0 Å². The summed E-state index contributed by atoms with van der Waals surface area (Å²) >= 11 is 0. The lowest BCUT2D eigenvalue weighted by Crippen LogP contribution is -2.51. The third-order valence-electron chi connectivity index (χ3n) is 4.80. The predicted octanol–water partition coefficient (Wildman–Crippen LogP) is 1.84. The topological polar surface area (TPSA) is 78.0 Å². The first kappa shape index (κ1) is 24.5. The number of para-hydroxylation sites is 1. The maximum atomic E-state index is 11.5. The molecule has 0 aliphatic carbocycles. The number of hydrogen-bond acceptors (Lipinski definition) is 4. The maximum Gasteiger partial charge on any atom is 0.233 e. The van der Waals surface area contributed by atoms with Gasteiger partial charge in [-0.05, 0) is 31.4 Å². The summed E-state index contributed by atoms with van der Waals surface area (Å²) in [5.41, 5.74) is 0. The number of amides is 1. The van der Waals surface area contributed by atoms with Gasteiger partial charge in [0, 0.05) is 33.2 Å². The molecule has 0 bridgehead atoms. The van der Waals surface area contributed by atoms with Crippen molar-refractivity contribution < 1.29 is 9.53 Å². The van der Waals surface area contributed by atoms with E-state index in [0.29, 0.717) is 19.1 Å². The molecule has 1 heterocycles. The molecule has 28 heavy (non-hydrogen) atoms. The molecular weight excluding hydrogens is 469 g/mol. The Morgan fingerprint density at radius 3 is 2.54 bits per heavy atom. The quantitative estimate of drug-likeness (QED) is 0.287. The van der Waals surface area contributed by atoms with Crippen molar-refractivity contribution in [2.24, 2.45) is 4.99 Å². The molecule has 1 aromatic carbocycles. The molecule has 0 spiro atoms. The molecule has 8 heteroatoms. The molecule has 0 radical (unpaired) electrons. The van der Waals surface area contributed by atoms with E-state index in [4.69, 9.17) is 4.74 Å². The number of nitrogens with zero attached hydrogens (tertiary/aromatic N) is 2. The van der Waals surface area contributed by atoms with E-state index in [2.05, 4.69) is 32.8 Å². The lowest BCUT2D eigenvalue weighted by molar-refractivity contribution is -0.122. The van der Waals surface area contributed by atoms with Crippen LogP contribution in [0, 0.1) is 0 Å². The van der Waals surface area contributed by atoms with Gasteiger partial charge in [0.25, 0.3) is 0 Å². The highest BCUT2D eigenvalue weighted by molar-refractivity contribution is 14.0. The fourth-order valence-corrected chi connectivity index (χ4v) is 3.08. The number of likely N-dealkylation sites (N-methyl/N-ethyl adjacent to an activating group) is 1. The minimum atomic E-state index is 0. The van der Waals surface area contributed by atoms with Gasteiger partial charge in [0.2, 0.25) is 5.91 Å². The zero-order chi connectivity index (χ0) is 19.5. The highest BCUT2D eigenvalue weighted by Gasteiger charge is 2.21. The Labute approximate surface area is 185 Å². The Kier molecular flexibility index (Phi) is 11.9. The first-order valence-corrected chi connectivity index (χ1v) is 9.76. The smallest absolute Gasteiger partial charge is 0.233 e. The third-order valence-corrected chi connectivity index (χ3v) is 4.80. The number of hydrogen-bond donors (Lipinski definition) is 3. The van der Waals surface area contributed by atoms with Crippen molar-refractivity contribution in [2.75, 3.05) is 40.3 Å². The number of guanidine groups is 1. The Morgan fingerprint density at radius 2 is 1.96 bits per heavy atom. The molecule has 1 atom stereocenters. The van der Waals surface area contributed by atoms with E-state index in [1.807, 2.05) is 30.3 Å². The van der Waals surface area contributed by atoms with Gasteiger partial charge in [-0.15, -0.1) is 24.0 Å². The fraction of sp³-hybridized carbons (Fsp3) is 0.600. The standard InChI is InChI=1S/C20H33N5O2.HI/c1-4-17(27-18-8-6-5-7-9-18)14-23-20(22-3)24-16-10-12-25(13-11-16)15-19(26)21-2;/h5-9,16-17H,4,10-15H2,1-3H3,(H,21,26)(H2,22,23,24);1H. The number of aliphatic imine (C=N–C) groups is 1. The summed E-state index contributed by atoms with van der Waals surface area (Å²) in [4.78, 5) is 18.0. The molecule has 1 aliphatic rings. The highest BCUT2D eigenvalue weighted by Crippen LogP contribution is 2.12. The highest BCUT2D eigenvalue weighted by atomic mass is 127. The summed E-state index contributed by atoms with van der Waals surface area (Å²) < 4.78 is 6.02. The van der Waals surface area contributed by atoms with Crippen LogP contribution in [0.5, 0.6) is 5.75 Å².